The number of rotatable bonds is 1. The maximum atomic E-state index is 3.62. The maximum absolute atomic E-state index is 3.62. The van der Waals surface area contributed by atoms with Gasteiger partial charge in [0.15, 0.2) is 0 Å². The van der Waals surface area contributed by atoms with Crippen LogP contribution in [0, 0.1) is 0 Å². The summed E-state index contributed by atoms with van der Waals surface area (Å²) in [5, 5.41) is 7.15. The predicted octanol–water partition coefficient (Wildman–Crippen LogP) is 3.46. The Hall–Kier alpha value is -1.58. The number of H-pyrrole nitrogens is 1. The lowest BCUT2D eigenvalue weighted by Crippen LogP contribution is -2.29. The normalized spacial score (nSPS) is 19.0. The molecule has 0 bridgehead atoms. The van der Waals surface area contributed by atoms with Gasteiger partial charge >= 0.3 is 0 Å². The lowest BCUT2D eigenvalue weighted by Gasteiger charge is -2.23. The zero-order valence-corrected chi connectivity index (χ0v) is 10.8. The van der Waals surface area contributed by atoms with Crippen LogP contribution in [-0.2, 0) is 6.42 Å². The Balaban J connectivity index is 1.94. The number of para-hydroxylation sites is 1. The quantitative estimate of drug-likeness (QED) is 0.684. The zero-order chi connectivity index (χ0) is 11.9. The molecule has 0 fully saturated rings. The minimum atomic E-state index is 0.334. The molecule has 2 N–H and O–H groups in total. The van der Waals surface area contributed by atoms with Crippen LogP contribution in [-0.4, -0.2) is 11.5 Å². The standard InChI is InChI=1S/C15H14N2S/c1-2-5-12-10(4-1)11-7-8-16-15(14(11)17-12)13-6-3-9-18-13/h1-6,9,15-17H,7-8H2. The first-order valence-electron chi connectivity index (χ1n) is 6.30. The van der Waals surface area contributed by atoms with Gasteiger partial charge in [-0.1, -0.05) is 24.3 Å². The molecule has 3 heterocycles. The Morgan fingerprint density at radius 3 is 2.94 bits per heavy atom. The molecule has 1 unspecified atom stereocenters. The average Bonchev–Trinajstić information content (AvgIpc) is 3.05. The Bertz CT molecular complexity index is 682. The number of fused-ring (bicyclic) bond motifs is 3. The van der Waals surface area contributed by atoms with Crippen LogP contribution in [0.4, 0.5) is 0 Å². The minimum absolute atomic E-state index is 0.334. The molecule has 2 nitrogen and oxygen atoms in total. The molecule has 1 atom stereocenters. The second-order valence-corrected chi connectivity index (χ2v) is 5.69. The largest absolute Gasteiger partial charge is 0.357 e. The maximum Gasteiger partial charge on any atom is 0.0826 e. The Morgan fingerprint density at radius 1 is 1.11 bits per heavy atom. The number of hydrogen-bond acceptors (Lipinski definition) is 2. The molecule has 1 aliphatic heterocycles. The lowest BCUT2D eigenvalue weighted by molar-refractivity contribution is 0.567. The van der Waals surface area contributed by atoms with E-state index in [0.29, 0.717) is 6.04 Å². The van der Waals surface area contributed by atoms with Crippen LogP contribution in [0.15, 0.2) is 41.8 Å². The molecule has 0 radical (unpaired) electrons. The second-order valence-electron chi connectivity index (χ2n) is 4.72. The van der Waals surface area contributed by atoms with E-state index in [9.17, 15) is 0 Å². The summed E-state index contributed by atoms with van der Waals surface area (Å²) in [6.45, 7) is 1.05. The molecule has 4 rings (SSSR count). The third kappa shape index (κ3) is 1.44. The van der Waals surface area contributed by atoms with Crippen molar-refractivity contribution in [3.05, 3.63) is 57.9 Å². The highest BCUT2D eigenvalue weighted by Crippen LogP contribution is 2.34. The minimum Gasteiger partial charge on any atom is -0.357 e. The van der Waals surface area contributed by atoms with Crippen molar-refractivity contribution in [2.45, 2.75) is 12.5 Å². The number of benzene rings is 1. The van der Waals surface area contributed by atoms with Gasteiger partial charge < -0.3 is 10.3 Å². The van der Waals surface area contributed by atoms with Crippen molar-refractivity contribution in [1.29, 1.82) is 0 Å². The third-order valence-electron chi connectivity index (χ3n) is 3.69. The summed E-state index contributed by atoms with van der Waals surface area (Å²) in [7, 11) is 0. The Kier molecular flexibility index (Phi) is 2.28. The predicted molar refractivity (Wildman–Crippen MR) is 76.2 cm³/mol. The second kappa shape index (κ2) is 3.97. The van der Waals surface area contributed by atoms with Crippen LogP contribution in [0.5, 0.6) is 0 Å². The first-order valence-corrected chi connectivity index (χ1v) is 7.18. The van der Waals surface area contributed by atoms with Crippen molar-refractivity contribution >= 4 is 22.2 Å². The molecule has 3 heteroatoms. The molecule has 0 amide bonds. The first-order chi connectivity index (χ1) is 8.93. The van der Waals surface area contributed by atoms with E-state index in [1.54, 1.807) is 0 Å². The number of aromatic amines is 1. The van der Waals surface area contributed by atoms with E-state index in [4.69, 9.17) is 0 Å². The topological polar surface area (TPSA) is 27.8 Å². The molecule has 0 saturated heterocycles. The summed E-state index contributed by atoms with van der Waals surface area (Å²) in [5.41, 5.74) is 4.10. The molecular weight excluding hydrogens is 240 g/mol. The third-order valence-corrected chi connectivity index (χ3v) is 4.62. The first kappa shape index (κ1) is 10.4. The van der Waals surface area contributed by atoms with Crippen molar-refractivity contribution < 1.29 is 0 Å². The van der Waals surface area contributed by atoms with Gasteiger partial charge in [-0.05, 0) is 29.5 Å². The van der Waals surface area contributed by atoms with Gasteiger partial charge in [-0.2, -0.15) is 0 Å². The van der Waals surface area contributed by atoms with Crippen LogP contribution < -0.4 is 5.32 Å². The number of hydrogen-bond donors (Lipinski definition) is 2. The van der Waals surface area contributed by atoms with Gasteiger partial charge in [-0.25, -0.2) is 0 Å². The number of thiophene rings is 1. The van der Waals surface area contributed by atoms with Crippen LogP contribution in [0.25, 0.3) is 10.9 Å². The number of nitrogens with one attached hydrogen (secondary N) is 2. The summed E-state index contributed by atoms with van der Waals surface area (Å²) in [6, 6.07) is 13.3. The van der Waals surface area contributed by atoms with E-state index in [0.717, 1.165) is 13.0 Å². The van der Waals surface area contributed by atoms with Crippen molar-refractivity contribution in [2.75, 3.05) is 6.54 Å². The van der Waals surface area contributed by atoms with Crippen molar-refractivity contribution in [1.82, 2.24) is 10.3 Å². The Labute approximate surface area is 110 Å². The molecule has 1 aliphatic rings. The molecule has 90 valence electrons. The van der Waals surface area contributed by atoms with E-state index in [-0.39, 0.29) is 0 Å². The molecule has 1 aromatic carbocycles. The summed E-state index contributed by atoms with van der Waals surface area (Å²) in [6.07, 6.45) is 1.11. The smallest absolute Gasteiger partial charge is 0.0826 e. The fourth-order valence-electron chi connectivity index (χ4n) is 2.88. The molecule has 18 heavy (non-hydrogen) atoms. The van der Waals surface area contributed by atoms with E-state index < -0.39 is 0 Å². The van der Waals surface area contributed by atoms with Gasteiger partial charge in [0.2, 0.25) is 0 Å². The van der Waals surface area contributed by atoms with Gasteiger partial charge in [0.1, 0.15) is 0 Å². The highest BCUT2D eigenvalue weighted by molar-refractivity contribution is 7.10. The van der Waals surface area contributed by atoms with Crippen LogP contribution in [0.1, 0.15) is 22.2 Å². The van der Waals surface area contributed by atoms with Crippen molar-refractivity contribution in [3.8, 4) is 0 Å². The highest BCUT2D eigenvalue weighted by atomic mass is 32.1. The van der Waals surface area contributed by atoms with Gasteiger partial charge in [0.05, 0.1) is 6.04 Å². The van der Waals surface area contributed by atoms with E-state index >= 15 is 0 Å². The van der Waals surface area contributed by atoms with Crippen LogP contribution >= 0.6 is 11.3 Å². The number of aromatic nitrogens is 1. The van der Waals surface area contributed by atoms with Gasteiger partial charge in [0, 0.05) is 28.0 Å². The monoisotopic (exact) mass is 254 g/mol. The van der Waals surface area contributed by atoms with Crippen LogP contribution in [0.3, 0.4) is 0 Å². The zero-order valence-electron chi connectivity index (χ0n) is 9.94. The van der Waals surface area contributed by atoms with E-state index in [1.807, 2.05) is 11.3 Å². The SMILES string of the molecule is c1csc(C2NCCc3c2[nH]c2ccccc32)c1. The average molecular weight is 254 g/mol. The van der Waals surface area contributed by atoms with E-state index in [1.165, 1.54) is 27.0 Å². The summed E-state index contributed by atoms with van der Waals surface area (Å²) >= 11 is 1.82. The molecule has 0 saturated carbocycles. The summed E-state index contributed by atoms with van der Waals surface area (Å²) < 4.78 is 0. The fraction of sp³-hybridized carbons (Fsp3) is 0.200. The van der Waals surface area contributed by atoms with E-state index in [2.05, 4.69) is 52.1 Å². The van der Waals surface area contributed by atoms with Crippen LogP contribution in [0.2, 0.25) is 0 Å². The highest BCUT2D eigenvalue weighted by Gasteiger charge is 2.25. The van der Waals surface area contributed by atoms with Gasteiger partial charge in [-0.15, -0.1) is 11.3 Å². The fourth-order valence-corrected chi connectivity index (χ4v) is 3.69. The van der Waals surface area contributed by atoms with Crippen molar-refractivity contribution in [2.24, 2.45) is 0 Å². The molecule has 0 aliphatic carbocycles. The van der Waals surface area contributed by atoms with Gasteiger partial charge in [0.25, 0.3) is 0 Å². The summed E-state index contributed by atoms with van der Waals surface area (Å²) in [4.78, 5) is 4.99. The summed E-state index contributed by atoms with van der Waals surface area (Å²) in [5.74, 6) is 0. The molecule has 3 aromatic rings. The lowest BCUT2D eigenvalue weighted by atomic mass is 9.98. The molecule has 2 aromatic heterocycles. The van der Waals surface area contributed by atoms with Gasteiger partial charge in [-0.3, -0.25) is 0 Å². The molecular formula is C15H14N2S. The Morgan fingerprint density at radius 2 is 2.06 bits per heavy atom. The molecule has 0 spiro atoms. The van der Waals surface area contributed by atoms with Crippen molar-refractivity contribution in [3.63, 3.8) is 0 Å².